The predicted octanol–water partition coefficient (Wildman–Crippen LogP) is 2.54. The molecule has 0 saturated heterocycles. The van der Waals surface area contributed by atoms with E-state index in [0.29, 0.717) is 12.1 Å². The van der Waals surface area contributed by atoms with Gasteiger partial charge in [0, 0.05) is 31.2 Å². The number of aromatic amines is 1. The Labute approximate surface area is 124 Å². The van der Waals surface area contributed by atoms with Gasteiger partial charge in [0.05, 0.1) is 11.8 Å². The summed E-state index contributed by atoms with van der Waals surface area (Å²) in [6, 6.07) is 8.41. The van der Waals surface area contributed by atoms with Crippen LogP contribution in [-0.2, 0) is 4.74 Å². The molecule has 1 fully saturated rings. The van der Waals surface area contributed by atoms with Crippen molar-refractivity contribution in [1.29, 1.82) is 0 Å². The standard InChI is InChI=1S/C16H21N3O2/c1-21-15-4-2-3-13(11-15)18-12-5-7-14(8-6-12)19-10-9-17-16(19)20/h5-10,13,15,18H,2-4,11H2,1H3,(H,17,20). The molecule has 5 nitrogen and oxygen atoms in total. The molecule has 0 spiro atoms. The molecule has 1 aromatic carbocycles. The van der Waals surface area contributed by atoms with Crippen LogP contribution in [0, 0.1) is 0 Å². The maximum absolute atomic E-state index is 11.6. The molecule has 1 saturated carbocycles. The van der Waals surface area contributed by atoms with Gasteiger partial charge in [-0.2, -0.15) is 0 Å². The van der Waals surface area contributed by atoms with E-state index in [1.807, 2.05) is 24.3 Å². The molecule has 3 rings (SSSR count). The van der Waals surface area contributed by atoms with Gasteiger partial charge in [0.15, 0.2) is 0 Å². The van der Waals surface area contributed by atoms with Gasteiger partial charge < -0.3 is 15.0 Å². The van der Waals surface area contributed by atoms with Gasteiger partial charge in [-0.3, -0.25) is 4.57 Å². The molecule has 0 aliphatic heterocycles. The highest BCUT2D eigenvalue weighted by atomic mass is 16.5. The fourth-order valence-corrected chi connectivity index (χ4v) is 2.97. The van der Waals surface area contributed by atoms with Crippen LogP contribution in [0.15, 0.2) is 41.5 Å². The smallest absolute Gasteiger partial charge is 0.330 e. The maximum atomic E-state index is 11.6. The van der Waals surface area contributed by atoms with Crippen LogP contribution in [0.2, 0.25) is 0 Å². The normalized spacial score (nSPS) is 22.1. The third-order valence-electron chi connectivity index (χ3n) is 4.12. The van der Waals surface area contributed by atoms with Crippen molar-refractivity contribution < 1.29 is 4.74 Å². The van der Waals surface area contributed by atoms with Gasteiger partial charge in [-0.05, 0) is 49.9 Å². The lowest BCUT2D eigenvalue weighted by Gasteiger charge is -2.29. The summed E-state index contributed by atoms with van der Waals surface area (Å²) in [5.41, 5.74) is 1.83. The number of imidazole rings is 1. The summed E-state index contributed by atoms with van der Waals surface area (Å²) in [6.07, 6.45) is 8.33. The van der Waals surface area contributed by atoms with Crippen molar-refractivity contribution in [3.05, 3.63) is 47.1 Å². The molecule has 1 aliphatic rings. The Hall–Kier alpha value is -2.01. The lowest BCUT2D eigenvalue weighted by molar-refractivity contribution is 0.0669. The molecule has 21 heavy (non-hydrogen) atoms. The Balaban J connectivity index is 1.67. The molecule has 2 unspecified atom stereocenters. The van der Waals surface area contributed by atoms with Crippen molar-refractivity contribution >= 4 is 5.69 Å². The van der Waals surface area contributed by atoms with Gasteiger partial charge in [0.25, 0.3) is 0 Å². The lowest BCUT2D eigenvalue weighted by atomic mass is 9.92. The third kappa shape index (κ3) is 3.19. The van der Waals surface area contributed by atoms with Crippen molar-refractivity contribution in [1.82, 2.24) is 9.55 Å². The number of aromatic nitrogens is 2. The van der Waals surface area contributed by atoms with Crippen LogP contribution >= 0.6 is 0 Å². The van der Waals surface area contributed by atoms with Gasteiger partial charge in [0.1, 0.15) is 0 Å². The molecule has 5 heteroatoms. The van der Waals surface area contributed by atoms with Crippen molar-refractivity contribution in [2.75, 3.05) is 12.4 Å². The number of benzene rings is 1. The Morgan fingerprint density at radius 2 is 2.10 bits per heavy atom. The fraction of sp³-hybridized carbons (Fsp3) is 0.438. The van der Waals surface area contributed by atoms with E-state index in [2.05, 4.69) is 10.3 Å². The van der Waals surface area contributed by atoms with E-state index in [9.17, 15) is 4.79 Å². The summed E-state index contributed by atoms with van der Waals surface area (Å²) in [5.74, 6) is 0. The average Bonchev–Trinajstić information content (AvgIpc) is 2.94. The highest BCUT2D eigenvalue weighted by Crippen LogP contribution is 2.24. The minimum atomic E-state index is -0.120. The monoisotopic (exact) mass is 287 g/mol. The van der Waals surface area contributed by atoms with Gasteiger partial charge in [-0.15, -0.1) is 0 Å². The molecule has 0 radical (unpaired) electrons. The first-order valence-electron chi connectivity index (χ1n) is 7.42. The Bertz CT molecular complexity index is 629. The van der Waals surface area contributed by atoms with Crippen LogP contribution in [-0.4, -0.2) is 28.8 Å². The number of nitrogens with one attached hydrogen (secondary N) is 2. The van der Waals surface area contributed by atoms with Crippen molar-refractivity contribution in [2.24, 2.45) is 0 Å². The number of rotatable bonds is 4. The molecular formula is C16H21N3O2. The SMILES string of the molecule is COC1CCCC(Nc2ccc(-n3cc[nH]c3=O)cc2)C1. The lowest BCUT2D eigenvalue weighted by Crippen LogP contribution is -2.30. The first-order valence-corrected chi connectivity index (χ1v) is 7.42. The molecule has 1 aromatic heterocycles. The number of nitrogens with zero attached hydrogens (tertiary/aromatic N) is 1. The van der Waals surface area contributed by atoms with Gasteiger partial charge in [-0.1, -0.05) is 0 Å². The van der Waals surface area contributed by atoms with E-state index in [4.69, 9.17) is 4.74 Å². The van der Waals surface area contributed by atoms with E-state index in [1.165, 1.54) is 12.8 Å². The summed E-state index contributed by atoms with van der Waals surface area (Å²) >= 11 is 0. The minimum absolute atomic E-state index is 0.120. The first kappa shape index (κ1) is 13.9. The quantitative estimate of drug-likeness (QED) is 0.908. The summed E-state index contributed by atoms with van der Waals surface area (Å²) in [7, 11) is 1.79. The second kappa shape index (κ2) is 6.18. The number of anilines is 1. The largest absolute Gasteiger partial charge is 0.382 e. The fourth-order valence-electron chi connectivity index (χ4n) is 2.97. The Morgan fingerprint density at radius 3 is 2.76 bits per heavy atom. The highest BCUT2D eigenvalue weighted by molar-refractivity contribution is 5.49. The zero-order valence-electron chi connectivity index (χ0n) is 12.2. The van der Waals surface area contributed by atoms with Crippen molar-refractivity contribution in [2.45, 2.75) is 37.8 Å². The Kier molecular flexibility index (Phi) is 4.10. The molecule has 0 amide bonds. The third-order valence-corrected chi connectivity index (χ3v) is 4.12. The van der Waals surface area contributed by atoms with Crippen molar-refractivity contribution in [3.8, 4) is 5.69 Å². The number of ether oxygens (including phenoxy) is 1. The van der Waals surface area contributed by atoms with Crippen LogP contribution < -0.4 is 11.0 Å². The summed E-state index contributed by atoms with van der Waals surface area (Å²) in [6.45, 7) is 0. The van der Waals surface area contributed by atoms with E-state index >= 15 is 0 Å². The number of hydrogen-bond acceptors (Lipinski definition) is 3. The first-order chi connectivity index (χ1) is 10.3. The topological polar surface area (TPSA) is 59.0 Å². The average molecular weight is 287 g/mol. The number of methoxy groups -OCH3 is 1. The van der Waals surface area contributed by atoms with E-state index in [1.54, 1.807) is 24.1 Å². The van der Waals surface area contributed by atoms with E-state index in [-0.39, 0.29) is 5.69 Å². The summed E-state index contributed by atoms with van der Waals surface area (Å²) in [4.78, 5) is 14.2. The zero-order chi connectivity index (χ0) is 14.7. The molecule has 1 aliphatic carbocycles. The van der Waals surface area contributed by atoms with Crippen LogP contribution in [0.5, 0.6) is 0 Å². The van der Waals surface area contributed by atoms with E-state index in [0.717, 1.165) is 24.2 Å². The van der Waals surface area contributed by atoms with Crippen LogP contribution in [0.1, 0.15) is 25.7 Å². The zero-order valence-corrected chi connectivity index (χ0v) is 12.2. The molecule has 2 N–H and O–H groups in total. The van der Waals surface area contributed by atoms with Gasteiger partial charge in [0.2, 0.25) is 0 Å². The predicted molar refractivity (Wildman–Crippen MR) is 83.1 cm³/mol. The summed E-state index contributed by atoms with van der Waals surface area (Å²) in [5, 5.41) is 3.56. The maximum Gasteiger partial charge on any atom is 0.330 e. The molecule has 2 atom stereocenters. The Morgan fingerprint density at radius 1 is 1.29 bits per heavy atom. The minimum Gasteiger partial charge on any atom is -0.382 e. The van der Waals surface area contributed by atoms with Crippen molar-refractivity contribution in [3.63, 3.8) is 0 Å². The highest BCUT2D eigenvalue weighted by Gasteiger charge is 2.21. The van der Waals surface area contributed by atoms with Crippen LogP contribution in [0.4, 0.5) is 5.69 Å². The molecule has 112 valence electrons. The molecule has 0 bridgehead atoms. The van der Waals surface area contributed by atoms with Gasteiger partial charge in [-0.25, -0.2) is 4.79 Å². The van der Waals surface area contributed by atoms with E-state index < -0.39 is 0 Å². The second-order valence-corrected chi connectivity index (χ2v) is 5.55. The van der Waals surface area contributed by atoms with Gasteiger partial charge >= 0.3 is 5.69 Å². The van der Waals surface area contributed by atoms with Crippen LogP contribution in [0.3, 0.4) is 0 Å². The molecular weight excluding hydrogens is 266 g/mol. The summed E-state index contributed by atoms with van der Waals surface area (Å²) < 4.78 is 7.05. The number of hydrogen-bond donors (Lipinski definition) is 2. The second-order valence-electron chi connectivity index (χ2n) is 5.55. The van der Waals surface area contributed by atoms with Crippen LogP contribution in [0.25, 0.3) is 5.69 Å². The molecule has 1 heterocycles. The molecule has 2 aromatic rings. The number of H-pyrrole nitrogens is 1.